The molecule has 0 spiro atoms. The topological polar surface area (TPSA) is 66.7 Å². The van der Waals surface area contributed by atoms with E-state index in [9.17, 15) is 0 Å². The highest BCUT2D eigenvalue weighted by molar-refractivity contribution is 5.65. The van der Waals surface area contributed by atoms with Gasteiger partial charge in [-0.2, -0.15) is 0 Å². The molecule has 0 aliphatic rings. The second-order valence-corrected chi connectivity index (χ2v) is 3.61. The number of aromatic nitrogens is 2. The van der Waals surface area contributed by atoms with Crippen LogP contribution in [0.25, 0.3) is 11.3 Å². The molecule has 0 aliphatic carbocycles. The summed E-state index contributed by atoms with van der Waals surface area (Å²) in [7, 11) is 0. The molecular weight excluding hydrogens is 188 g/mol. The Morgan fingerprint density at radius 3 is 2.80 bits per heavy atom. The fraction of sp³-hybridized carbons (Fsp3) is 0.182. The van der Waals surface area contributed by atoms with Crippen molar-refractivity contribution in [3.8, 4) is 11.3 Å². The third-order valence-corrected chi connectivity index (χ3v) is 2.40. The molecule has 0 saturated carbocycles. The van der Waals surface area contributed by atoms with Crippen LogP contribution in [-0.2, 0) is 0 Å². The van der Waals surface area contributed by atoms with Crippen molar-refractivity contribution in [1.29, 1.82) is 0 Å². The number of anilines is 1. The van der Waals surface area contributed by atoms with Crippen LogP contribution in [0.1, 0.15) is 11.1 Å². The van der Waals surface area contributed by atoms with E-state index in [2.05, 4.69) is 47.4 Å². The molecule has 1 heterocycles. The van der Waals surface area contributed by atoms with Gasteiger partial charge in [-0.25, -0.2) is 10.8 Å². The molecule has 0 amide bonds. The summed E-state index contributed by atoms with van der Waals surface area (Å²) in [6, 6.07) is 6.32. The van der Waals surface area contributed by atoms with Crippen LogP contribution in [0.3, 0.4) is 0 Å². The van der Waals surface area contributed by atoms with E-state index in [1.54, 1.807) is 6.20 Å². The van der Waals surface area contributed by atoms with Gasteiger partial charge < -0.3 is 4.98 Å². The van der Waals surface area contributed by atoms with E-state index in [1.807, 2.05) is 0 Å². The summed E-state index contributed by atoms with van der Waals surface area (Å²) >= 11 is 0. The Bertz CT molecular complexity index is 473. The Morgan fingerprint density at radius 1 is 1.33 bits per heavy atom. The van der Waals surface area contributed by atoms with Crippen LogP contribution >= 0.6 is 0 Å². The number of hydrazine groups is 1. The van der Waals surface area contributed by atoms with Gasteiger partial charge in [-0.15, -0.1) is 0 Å². The molecule has 78 valence electrons. The lowest BCUT2D eigenvalue weighted by Gasteiger charge is -2.04. The average Bonchev–Trinajstić information content (AvgIpc) is 2.70. The summed E-state index contributed by atoms with van der Waals surface area (Å²) in [6.45, 7) is 4.15. The highest BCUT2D eigenvalue weighted by Gasteiger charge is 2.05. The molecule has 2 rings (SSSR count). The van der Waals surface area contributed by atoms with Crippen LogP contribution in [0, 0.1) is 13.8 Å². The van der Waals surface area contributed by atoms with Crippen LogP contribution in [-0.4, -0.2) is 9.97 Å². The minimum Gasteiger partial charge on any atom is -0.323 e. The van der Waals surface area contributed by atoms with E-state index in [0.717, 1.165) is 11.3 Å². The van der Waals surface area contributed by atoms with E-state index >= 15 is 0 Å². The van der Waals surface area contributed by atoms with E-state index in [-0.39, 0.29) is 0 Å². The first-order chi connectivity index (χ1) is 7.20. The number of aryl methyl sites for hydroxylation is 2. The summed E-state index contributed by atoms with van der Waals surface area (Å²) in [5.41, 5.74) is 7.06. The monoisotopic (exact) mass is 202 g/mol. The lowest BCUT2D eigenvalue weighted by Crippen LogP contribution is -2.07. The zero-order chi connectivity index (χ0) is 10.8. The lowest BCUT2D eigenvalue weighted by atomic mass is 10.0. The molecule has 2 aromatic rings. The molecule has 0 saturated heterocycles. The zero-order valence-corrected chi connectivity index (χ0v) is 8.83. The molecule has 4 N–H and O–H groups in total. The third-order valence-electron chi connectivity index (χ3n) is 2.40. The number of nitrogens with zero attached hydrogens (tertiary/aromatic N) is 1. The first-order valence-corrected chi connectivity index (χ1v) is 4.80. The van der Waals surface area contributed by atoms with Gasteiger partial charge in [0.2, 0.25) is 5.95 Å². The number of H-pyrrole nitrogens is 1. The van der Waals surface area contributed by atoms with E-state index < -0.39 is 0 Å². The molecule has 1 aromatic heterocycles. The summed E-state index contributed by atoms with van der Waals surface area (Å²) in [4.78, 5) is 7.19. The van der Waals surface area contributed by atoms with E-state index in [4.69, 9.17) is 5.84 Å². The Morgan fingerprint density at radius 2 is 2.13 bits per heavy atom. The van der Waals surface area contributed by atoms with Crippen molar-refractivity contribution < 1.29 is 0 Å². The maximum atomic E-state index is 5.27. The second kappa shape index (κ2) is 3.74. The highest BCUT2D eigenvalue weighted by atomic mass is 15.3. The normalized spacial score (nSPS) is 10.3. The maximum Gasteiger partial charge on any atom is 0.215 e. The van der Waals surface area contributed by atoms with Crippen LogP contribution < -0.4 is 11.3 Å². The van der Waals surface area contributed by atoms with Crippen molar-refractivity contribution in [2.75, 3.05) is 5.43 Å². The number of benzene rings is 1. The van der Waals surface area contributed by atoms with Crippen molar-refractivity contribution in [3.63, 3.8) is 0 Å². The number of hydrogen-bond acceptors (Lipinski definition) is 3. The van der Waals surface area contributed by atoms with Crippen molar-refractivity contribution in [3.05, 3.63) is 35.5 Å². The Balaban J connectivity index is 2.48. The molecular formula is C11H14N4. The Kier molecular flexibility index (Phi) is 2.43. The quantitative estimate of drug-likeness (QED) is 0.515. The molecule has 15 heavy (non-hydrogen) atoms. The summed E-state index contributed by atoms with van der Waals surface area (Å²) in [5.74, 6) is 5.84. The van der Waals surface area contributed by atoms with Gasteiger partial charge in [0.05, 0.1) is 11.9 Å². The molecule has 0 fully saturated rings. The number of nitrogens with two attached hydrogens (primary N) is 1. The second-order valence-electron chi connectivity index (χ2n) is 3.61. The fourth-order valence-electron chi connectivity index (χ4n) is 1.56. The summed E-state index contributed by atoms with van der Waals surface area (Å²) in [6.07, 6.45) is 1.77. The largest absolute Gasteiger partial charge is 0.323 e. The first-order valence-electron chi connectivity index (χ1n) is 4.80. The number of nitrogens with one attached hydrogen (secondary N) is 2. The molecule has 0 radical (unpaired) electrons. The Hall–Kier alpha value is -1.81. The van der Waals surface area contributed by atoms with Crippen LogP contribution in [0.5, 0.6) is 0 Å². The minimum absolute atomic E-state index is 0.575. The van der Waals surface area contributed by atoms with Gasteiger partial charge in [0.1, 0.15) is 0 Å². The summed E-state index contributed by atoms with van der Waals surface area (Å²) in [5, 5.41) is 0. The van der Waals surface area contributed by atoms with Gasteiger partial charge in [-0.3, -0.25) is 5.43 Å². The van der Waals surface area contributed by atoms with Crippen LogP contribution in [0.2, 0.25) is 0 Å². The predicted molar refractivity (Wildman–Crippen MR) is 61.3 cm³/mol. The number of nitrogen functional groups attached to an aromatic ring is 1. The zero-order valence-electron chi connectivity index (χ0n) is 8.83. The van der Waals surface area contributed by atoms with Crippen molar-refractivity contribution >= 4 is 5.95 Å². The van der Waals surface area contributed by atoms with Crippen LogP contribution in [0.4, 0.5) is 5.95 Å². The third kappa shape index (κ3) is 1.85. The van der Waals surface area contributed by atoms with E-state index in [0.29, 0.717) is 5.95 Å². The highest BCUT2D eigenvalue weighted by Crippen LogP contribution is 2.23. The first kappa shape index (κ1) is 9.73. The number of rotatable bonds is 2. The number of aromatic amines is 1. The number of imidazole rings is 1. The minimum atomic E-state index is 0.575. The average molecular weight is 202 g/mol. The molecule has 1 aromatic carbocycles. The smallest absolute Gasteiger partial charge is 0.215 e. The molecule has 0 atom stereocenters. The number of hydrogen-bond donors (Lipinski definition) is 3. The standard InChI is InChI=1S/C11H14N4/c1-7-3-4-8(2)9(5-7)10-6-13-11(14-10)15-12/h3-6H,12H2,1-2H3,(H2,13,14,15). The van der Waals surface area contributed by atoms with Gasteiger partial charge in [-0.1, -0.05) is 17.7 Å². The van der Waals surface area contributed by atoms with Crippen LogP contribution in [0.15, 0.2) is 24.4 Å². The maximum absolute atomic E-state index is 5.27. The van der Waals surface area contributed by atoms with E-state index in [1.165, 1.54) is 11.1 Å². The lowest BCUT2D eigenvalue weighted by molar-refractivity contribution is 1.20. The van der Waals surface area contributed by atoms with Crippen molar-refractivity contribution in [1.82, 2.24) is 9.97 Å². The molecule has 4 heteroatoms. The molecule has 0 unspecified atom stereocenters. The van der Waals surface area contributed by atoms with Gasteiger partial charge in [0.15, 0.2) is 0 Å². The molecule has 4 nitrogen and oxygen atoms in total. The molecule has 0 bridgehead atoms. The SMILES string of the molecule is Cc1ccc(C)c(-c2cnc(NN)[nH]2)c1. The predicted octanol–water partition coefficient (Wildman–Crippen LogP) is 1.98. The van der Waals surface area contributed by atoms with Crippen molar-refractivity contribution in [2.45, 2.75) is 13.8 Å². The van der Waals surface area contributed by atoms with Gasteiger partial charge in [0, 0.05) is 5.56 Å². The van der Waals surface area contributed by atoms with Gasteiger partial charge in [-0.05, 0) is 25.5 Å². The Labute approximate surface area is 88.5 Å². The van der Waals surface area contributed by atoms with Crippen molar-refractivity contribution in [2.24, 2.45) is 5.84 Å². The fourth-order valence-corrected chi connectivity index (χ4v) is 1.56. The molecule has 0 aliphatic heterocycles. The van der Waals surface area contributed by atoms with Gasteiger partial charge in [0.25, 0.3) is 0 Å². The summed E-state index contributed by atoms with van der Waals surface area (Å²) < 4.78 is 0. The van der Waals surface area contributed by atoms with Gasteiger partial charge >= 0.3 is 0 Å².